The highest BCUT2D eigenvalue weighted by Crippen LogP contribution is 2.32. The molecular weight excluding hydrogens is 290 g/mol. The van der Waals surface area contributed by atoms with Gasteiger partial charge in [0.05, 0.1) is 18.3 Å². The van der Waals surface area contributed by atoms with Crippen molar-refractivity contribution in [2.75, 3.05) is 26.1 Å². The summed E-state index contributed by atoms with van der Waals surface area (Å²) in [4.78, 5) is 9.56. The van der Waals surface area contributed by atoms with Crippen molar-refractivity contribution < 1.29 is 4.74 Å². The molecule has 1 unspecified atom stereocenters. The van der Waals surface area contributed by atoms with Gasteiger partial charge in [-0.1, -0.05) is 6.07 Å². The van der Waals surface area contributed by atoms with Gasteiger partial charge >= 0.3 is 0 Å². The van der Waals surface area contributed by atoms with Crippen molar-refractivity contribution in [3.8, 4) is 0 Å². The van der Waals surface area contributed by atoms with Crippen LogP contribution >= 0.6 is 22.7 Å². The van der Waals surface area contributed by atoms with E-state index in [9.17, 15) is 0 Å². The number of nitrogens with one attached hydrogen (secondary N) is 1. The van der Waals surface area contributed by atoms with Crippen molar-refractivity contribution in [2.45, 2.75) is 26.1 Å². The van der Waals surface area contributed by atoms with E-state index in [0.717, 1.165) is 17.4 Å². The summed E-state index contributed by atoms with van der Waals surface area (Å²) in [6, 6.07) is 4.60. The number of hydrogen-bond donors (Lipinski definition) is 1. The molecule has 0 radical (unpaired) electrons. The Labute approximate surface area is 128 Å². The number of nitrogens with zero attached hydrogens (tertiary/aromatic N) is 2. The summed E-state index contributed by atoms with van der Waals surface area (Å²) in [6.45, 7) is 3.60. The molecule has 110 valence electrons. The maximum absolute atomic E-state index is 5.24. The monoisotopic (exact) mass is 311 g/mol. The van der Waals surface area contributed by atoms with E-state index in [4.69, 9.17) is 9.72 Å². The molecule has 2 rings (SSSR count). The quantitative estimate of drug-likeness (QED) is 0.851. The Morgan fingerprint density at radius 1 is 1.50 bits per heavy atom. The number of rotatable bonds is 7. The molecule has 1 atom stereocenters. The molecule has 0 aliphatic rings. The number of methoxy groups -OCH3 is 1. The van der Waals surface area contributed by atoms with Crippen LogP contribution in [0.4, 0.5) is 5.13 Å². The van der Waals surface area contributed by atoms with Gasteiger partial charge in [-0.3, -0.25) is 0 Å². The van der Waals surface area contributed by atoms with Crippen LogP contribution in [0.25, 0.3) is 0 Å². The molecule has 0 saturated carbocycles. The largest absolute Gasteiger partial charge is 0.378 e. The molecule has 0 bridgehead atoms. The fraction of sp³-hybridized carbons (Fsp3) is 0.500. The lowest BCUT2D eigenvalue weighted by atomic mass is 10.2. The van der Waals surface area contributed by atoms with Crippen molar-refractivity contribution in [2.24, 2.45) is 0 Å². The molecule has 0 spiro atoms. The molecule has 0 aromatic carbocycles. The SMILES string of the molecule is CNCc1sc(N(C)C(C)c2cccs2)nc1COC. The molecule has 2 aromatic heterocycles. The zero-order valence-corrected chi connectivity index (χ0v) is 14.0. The van der Waals surface area contributed by atoms with Gasteiger partial charge < -0.3 is 15.0 Å². The highest BCUT2D eigenvalue weighted by Gasteiger charge is 2.19. The van der Waals surface area contributed by atoms with Gasteiger partial charge in [-0.25, -0.2) is 4.98 Å². The van der Waals surface area contributed by atoms with Crippen LogP contribution in [0.1, 0.15) is 28.4 Å². The molecule has 0 saturated heterocycles. The normalized spacial score (nSPS) is 12.6. The van der Waals surface area contributed by atoms with Gasteiger partial charge in [0.25, 0.3) is 0 Å². The Hall–Kier alpha value is -0.950. The average molecular weight is 311 g/mol. The number of thiazole rings is 1. The average Bonchev–Trinajstić information content (AvgIpc) is 3.08. The molecule has 2 aromatic rings. The van der Waals surface area contributed by atoms with Crippen LogP contribution in [0.15, 0.2) is 17.5 Å². The maximum atomic E-state index is 5.24. The molecule has 0 aliphatic heterocycles. The number of ether oxygens (including phenoxy) is 1. The first kappa shape index (κ1) is 15.4. The summed E-state index contributed by atoms with van der Waals surface area (Å²) in [5, 5.41) is 6.35. The fourth-order valence-electron chi connectivity index (χ4n) is 1.95. The van der Waals surface area contributed by atoms with E-state index < -0.39 is 0 Å². The second kappa shape index (κ2) is 7.17. The Bertz CT molecular complexity index is 501. The van der Waals surface area contributed by atoms with Gasteiger partial charge in [0.1, 0.15) is 0 Å². The molecule has 2 heterocycles. The van der Waals surface area contributed by atoms with E-state index in [2.05, 4.69) is 41.7 Å². The summed E-state index contributed by atoms with van der Waals surface area (Å²) < 4.78 is 5.24. The van der Waals surface area contributed by atoms with E-state index in [1.54, 1.807) is 29.8 Å². The van der Waals surface area contributed by atoms with Gasteiger partial charge in [0.15, 0.2) is 5.13 Å². The number of thiophene rings is 1. The minimum Gasteiger partial charge on any atom is -0.378 e. The highest BCUT2D eigenvalue weighted by molar-refractivity contribution is 7.15. The lowest BCUT2D eigenvalue weighted by molar-refractivity contribution is 0.181. The van der Waals surface area contributed by atoms with E-state index >= 15 is 0 Å². The molecule has 0 fully saturated rings. The van der Waals surface area contributed by atoms with Crippen molar-refractivity contribution >= 4 is 27.8 Å². The first-order chi connectivity index (χ1) is 9.67. The van der Waals surface area contributed by atoms with Crippen LogP contribution in [0, 0.1) is 0 Å². The lowest BCUT2D eigenvalue weighted by Gasteiger charge is -2.23. The lowest BCUT2D eigenvalue weighted by Crippen LogP contribution is -2.20. The first-order valence-electron chi connectivity index (χ1n) is 6.55. The topological polar surface area (TPSA) is 37.4 Å². The predicted molar refractivity (Wildman–Crippen MR) is 86.7 cm³/mol. The molecule has 0 amide bonds. The Balaban J connectivity index is 2.20. The molecule has 20 heavy (non-hydrogen) atoms. The summed E-state index contributed by atoms with van der Waals surface area (Å²) in [5.41, 5.74) is 1.03. The van der Waals surface area contributed by atoms with E-state index in [0.29, 0.717) is 12.6 Å². The number of aromatic nitrogens is 1. The number of anilines is 1. The maximum Gasteiger partial charge on any atom is 0.186 e. The molecule has 4 nitrogen and oxygen atoms in total. The van der Waals surface area contributed by atoms with Crippen LogP contribution in [0.5, 0.6) is 0 Å². The third-order valence-electron chi connectivity index (χ3n) is 3.22. The van der Waals surface area contributed by atoms with Crippen molar-refractivity contribution in [1.82, 2.24) is 10.3 Å². The first-order valence-corrected chi connectivity index (χ1v) is 8.25. The van der Waals surface area contributed by atoms with Crippen molar-refractivity contribution in [3.05, 3.63) is 33.0 Å². The summed E-state index contributed by atoms with van der Waals surface area (Å²) >= 11 is 3.52. The van der Waals surface area contributed by atoms with Gasteiger partial charge in [-0.2, -0.15) is 0 Å². The van der Waals surface area contributed by atoms with Gasteiger partial charge in [-0.15, -0.1) is 22.7 Å². The van der Waals surface area contributed by atoms with Crippen LogP contribution in [0.3, 0.4) is 0 Å². The second-order valence-electron chi connectivity index (χ2n) is 4.63. The highest BCUT2D eigenvalue weighted by atomic mass is 32.1. The standard InChI is InChI=1S/C14H21N3OS2/c1-10(12-6-5-7-19-12)17(3)14-16-11(9-18-4)13(20-14)8-15-2/h5-7,10,15H,8-9H2,1-4H3. The van der Waals surface area contributed by atoms with Crippen LogP contribution in [-0.2, 0) is 17.9 Å². The molecule has 6 heteroatoms. The van der Waals surface area contributed by atoms with Gasteiger partial charge in [-0.05, 0) is 25.4 Å². The van der Waals surface area contributed by atoms with E-state index in [-0.39, 0.29) is 0 Å². The predicted octanol–water partition coefficient (Wildman–Crippen LogP) is 3.27. The van der Waals surface area contributed by atoms with Gasteiger partial charge in [0.2, 0.25) is 0 Å². The molecule has 1 N–H and O–H groups in total. The van der Waals surface area contributed by atoms with Crippen LogP contribution < -0.4 is 10.2 Å². The third kappa shape index (κ3) is 3.38. The summed E-state index contributed by atoms with van der Waals surface area (Å²) in [6.07, 6.45) is 0. The minimum absolute atomic E-state index is 0.332. The Morgan fingerprint density at radius 2 is 2.30 bits per heavy atom. The van der Waals surface area contributed by atoms with Crippen molar-refractivity contribution in [3.63, 3.8) is 0 Å². The zero-order chi connectivity index (χ0) is 14.5. The van der Waals surface area contributed by atoms with Crippen LogP contribution in [-0.4, -0.2) is 26.2 Å². The van der Waals surface area contributed by atoms with Crippen LogP contribution in [0.2, 0.25) is 0 Å². The molecule has 0 aliphatic carbocycles. The fourth-order valence-corrected chi connectivity index (χ4v) is 3.90. The Kier molecular flexibility index (Phi) is 5.54. The van der Waals surface area contributed by atoms with E-state index in [1.807, 2.05) is 7.05 Å². The summed E-state index contributed by atoms with van der Waals surface area (Å²) in [5.74, 6) is 0. The minimum atomic E-state index is 0.332. The smallest absolute Gasteiger partial charge is 0.186 e. The number of hydrogen-bond acceptors (Lipinski definition) is 6. The van der Waals surface area contributed by atoms with Crippen molar-refractivity contribution in [1.29, 1.82) is 0 Å². The summed E-state index contributed by atoms with van der Waals surface area (Å²) in [7, 11) is 5.76. The molecular formula is C14H21N3OS2. The second-order valence-corrected chi connectivity index (χ2v) is 6.67. The van der Waals surface area contributed by atoms with E-state index in [1.165, 1.54) is 9.75 Å². The zero-order valence-electron chi connectivity index (χ0n) is 12.3. The Morgan fingerprint density at radius 3 is 2.90 bits per heavy atom. The third-order valence-corrected chi connectivity index (χ3v) is 5.45. The van der Waals surface area contributed by atoms with Gasteiger partial charge in [0, 0.05) is 30.5 Å².